The van der Waals surface area contributed by atoms with Gasteiger partial charge in [0.2, 0.25) is 5.91 Å². The fraction of sp³-hybridized carbons (Fsp3) is 0.783. The number of hydrogen-bond acceptors (Lipinski definition) is 4. The highest BCUT2D eigenvalue weighted by Crippen LogP contribution is 2.25. The van der Waals surface area contributed by atoms with Crippen LogP contribution in [0.25, 0.3) is 0 Å². The molecule has 1 amide bonds. The van der Waals surface area contributed by atoms with Gasteiger partial charge in [-0.1, -0.05) is 25.7 Å². The number of piperidine rings is 2. The number of carbonyl (C=O) groups is 1. The first kappa shape index (κ1) is 20.0. The molecule has 3 heterocycles. The molecule has 5 nitrogen and oxygen atoms in total. The van der Waals surface area contributed by atoms with Gasteiger partial charge in [-0.3, -0.25) is 14.6 Å². The summed E-state index contributed by atoms with van der Waals surface area (Å²) in [5.41, 5.74) is 0. The summed E-state index contributed by atoms with van der Waals surface area (Å²) in [4.78, 5) is 17.9. The van der Waals surface area contributed by atoms with Crippen molar-refractivity contribution in [1.82, 2.24) is 15.1 Å². The summed E-state index contributed by atoms with van der Waals surface area (Å²) < 4.78 is 5.45. The van der Waals surface area contributed by atoms with Crippen molar-refractivity contribution in [3.63, 3.8) is 0 Å². The van der Waals surface area contributed by atoms with Gasteiger partial charge in [0.05, 0.1) is 12.8 Å². The van der Waals surface area contributed by atoms with Crippen LogP contribution in [0.2, 0.25) is 0 Å². The van der Waals surface area contributed by atoms with E-state index >= 15 is 0 Å². The molecule has 156 valence electrons. The Bertz CT molecular complexity index is 587. The maximum atomic E-state index is 12.9. The molecule has 28 heavy (non-hydrogen) atoms. The van der Waals surface area contributed by atoms with Gasteiger partial charge >= 0.3 is 0 Å². The summed E-state index contributed by atoms with van der Waals surface area (Å²) in [6.45, 7) is 5.12. The van der Waals surface area contributed by atoms with Gasteiger partial charge in [-0.15, -0.1) is 0 Å². The Morgan fingerprint density at radius 1 is 1.00 bits per heavy atom. The van der Waals surface area contributed by atoms with E-state index in [2.05, 4.69) is 15.1 Å². The van der Waals surface area contributed by atoms with Crippen LogP contribution in [0.15, 0.2) is 22.8 Å². The molecule has 0 aromatic carbocycles. The van der Waals surface area contributed by atoms with Gasteiger partial charge in [0.25, 0.3) is 0 Å². The van der Waals surface area contributed by atoms with Gasteiger partial charge in [-0.25, -0.2) is 0 Å². The summed E-state index contributed by atoms with van der Waals surface area (Å²) >= 11 is 0. The monoisotopic (exact) mass is 387 g/mol. The summed E-state index contributed by atoms with van der Waals surface area (Å²) in [5, 5.41) is 3.42. The largest absolute Gasteiger partial charge is 0.468 e. The zero-order chi connectivity index (χ0) is 19.2. The summed E-state index contributed by atoms with van der Waals surface area (Å²) in [7, 11) is 0. The smallest absolute Gasteiger partial charge is 0.223 e. The minimum absolute atomic E-state index is 0.182. The van der Waals surface area contributed by atoms with Crippen molar-refractivity contribution in [3.8, 4) is 0 Å². The molecule has 0 radical (unpaired) electrons. The normalized spacial score (nSPS) is 26.8. The number of hydrogen-bond donors (Lipinski definition) is 1. The summed E-state index contributed by atoms with van der Waals surface area (Å²) in [6, 6.07) is 5.08. The molecule has 1 atom stereocenters. The fourth-order valence-electron chi connectivity index (χ4n) is 5.37. The van der Waals surface area contributed by atoms with E-state index in [1.54, 1.807) is 6.26 Å². The van der Waals surface area contributed by atoms with Crippen LogP contribution in [0.5, 0.6) is 0 Å². The van der Waals surface area contributed by atoms with Crippen molar-refractivity contribution in [2.75, 3.05) is 26.2 Å². The van der Waals surface area contributed by atoms with E-state index in [-0.39, 0.29) is 5.92 Å². The van der Waals surface area contributed by atoms with Crippen molar-refractivity contribution < 1.29 is 9.21 Å². The van der Waals surface area contributed by atoms with E-state index in [4.69, 9.17) is 4.42 Å². The van der Waals surface area contributed by atoms with E-state index in [0.717, 1.165) is 57.2 Å². The SMILES string of the molecule is O=C(N[C@H]1CCCN(C2CCCCCC2)C1)C1CCN(Cc2ccco2)CC1. The Labute approximate surface area is 169 Å². The number of carbonyl (C=O) groups excluding carboxylic acids is 1. The van der Waals surface area contributed by atoms with Crippen LogP contribution < -0.4 is 5.32 Å². The lowest BCUT2D eigenvalue weighted by Crippen LogP contribution is -2.52. The standard InChI is InChI=1S/C23H37N3O2/c27-23(19-11-14-25(15-12-19)18-22-10-6-16-28-22)24-20-7-5-13-26(17-20)21-8-3-1-2-4-9-21/h6,10,16,19-21H,1-5,7-9,11-15,17-18H2,(H,24,27)/t20-/m0/s1. The molecule has 1 aromatic rings. The van der Waals surface area contributed by atoms with Gasteiger partial charge in [-0.2, -0.15) is 0 Å². The molecular formula is C23H37N3O2. The van der Waals surface area contributed by atoms with E-state index in [1.165, 1.54) is 51.5 Å². The molecule has 3 fully saturated rings. The van der Waals surface area contributed by atoms with E-state index in [0.29, 0.717) is 11.9 Å². The van der Waals surface area contributed by atoms with Gasteiger partial charge in [0, 0.05) is 24.5 Å². The van der Waals surface area contributed by atoms with E-state index < -0.39 is 0 Å². The third-order valence-electron chi connectivity index (χ3n) is 7.06. The van der Waals surface area contributed by atoms with Crippen LogP contribution in [-0.4, -0.2) is 54.0 Å². The highest BCUT2D eigenvalue weighted by Gasteiger charge is 2.30. The van der Waals surface area contributed by atoms with Gasteiger partial charge in [0.1, 0.15) is 5.76 Å². The maximum Gasteiger partial charge on any atom is 0.223 e. The lowest BCUT2D eigenvalue weighted by molar-refractivity contribution is -0.127. The summed E-state index contributed by atoms with van der Waals surface area (Å²) in [6.07, 6.45) is 14.3. The van der Waals surface area contributed by atoms with Crippen molar-refractivity contribution in [3.05, 3.63) is 24.2 Å². The topological polar surface area (TPSA) is 48.7 Å². The van der Waals surface area contributed by atoms with Crippen molar-refractivity contribution >= 4 is 5.91 Å². The van der Waals surface area contributed by atoms with Crippen LogP contribution in [0.3, 0.4) is 0 Å². The predicted molar refractivity (Wildman–Crippen MR) is 111 cm³/mol. The molecule has 1 saturated carbocycles. The number of rotatable bonds is 5. The first-order valence-corrected chi connectivity index (χ1v) is 11.6. The lowest BCUT2D eigenvalue weighted by Gasteiger charge is -2.39. The Morgan fingerprint density at radius 2 is 1.79 bits per heavy atom. The summed E-state index contributed by atoms with van der Waals surface area (Å²) in [5.74, 6) is 1.50. The molecule has 3 aliphatic rings. The average Bonchev–Trinajstić information content (AvgIpc) is 3.08. The molecule has 4 rings (SSSR count). The van der Waals surface area contributed by atoms with Gasteiger partial charge in [0.15, 0.2) is 0 Å². The number of likely N-dealkylation sites (tertiary alicyclic amines) is 2. The van der Waals surface area contributed by atoms with Crippen LogP contribution in [0.4, 0.5) is 0 Å². The molecule has 1 aliphatic carbocycles. The minimum atomic E-state index is 0.182. The molecule has 5 heteroatoms. The van der Waals surface area contributed by atoms with Crippen molar-refractivity contribution in [1.29, 1.82) is 0 Å². The van der Waals surface area contributed by atoms with Crippen LogP contribution in [0.1, 0.15) is 70.0 Å². The second-order valence-electron chi connectivity index (χ2n) is 9.12. The Hall–Kier alpha value is -1.33. The zero-order valence-corrected chi connectivity index (χ0v) is 17.3. The molecule has 0 spiro atoms. The first-order valence-electron chi connectivity index (χ1n) is 11.6. The lowest BCUT2D eigenvalue weighted by atomic mass is 9.94. The van der Waals surface area contributed by atoms with Crippen LogP contribution >= 0.6 is 0 Å². The first-order chi connectivity index (χ1) is 13.8. The third-order valence-corrected chi connectivity index (χ3v) is 7.06. The number of furan rings is 1. The highest BCUT2D eigenvalue weighted by molar-refractivity contribution is 5.79. The third kappa shape index (κ3) is 5.38. The Kier molecular flexibility index (Phi) is 7.08. The quantitative estimate of drug-likeness (QED) is 0.781. The molecular weight excluding hydrogens is 350 g/mol. The van der Waals surface area contributed by atoms with E-state index in [9.17, 15) is 4.79 Å². The molecule has 1 N–H and O–H groups in total. The molecule has 1 aromatic heterocycles. The fourth-order valence-corrected chi connectivity index (χ4v) is 5.37. The van der Waals surface area contributed by atoms with Gasteiger partial charge in [-0.05, 0) is 70.3 Å². The molecule has 2 aliphatic heterocycles. The number of nitrogens with one attached hydrogen (secondary N) is 1. The van der Waals surface area contributed by atoms with E-state index in [1.807, 2.05) is 12.1 Å². The maximum absolute atomic E-state index is 12.9. The number of amides is 1. The van der Waals surface area contributed by atoms with Crippen LogP contribution in [-0.2, 0) is 11.3 Å². The number of nitrogens with zero attached hydrogens (tertiary/aromatic N) is 2. The Balaban J connectivity index is 1.21. The predicted octanol–water partition coefficient (Wildman–Crippen LogP) is 3.80. The zero-order valence-electron chi connectivity index (χ0n) is 17.3. The molecule has 0 bridgehead atoms. The Morgan fingerprint density at radius 3 is 2.50 bits per heavy atom. The van der Waals surface area contributed by atoms with Crippen molar-refractivity contribution in [2.45, 2.75) is 82.8 Å². The van der Waals surface area contributed by atoms with Gasteiger partial charge < -0.3 is 9.73 Å². The minimum Gasteiger partial charge on any atom is -0.468 e. The second-order valence-corrected chi connectivity index (χ2v) is 9.12. The highest BCUT2D eigenvalue weighted by atomic mass is 16.3. The second kappa shape index (κ2) is 9.93. The molecule has 0 unspecified atom stereocenters. The molecule has 2 saturated heterocycles. The van der Waals surface area contributed by atoms with Crippen LogP contribution in [0, 0.1) is 5.92 Å². The average molecular weight is 388 g/mol. The van der Waals surface area contributed by atoms with Crippen molar-refractivity contribution in [2.24, 2.45) is 5.92 Å².